The van der Waals surface area contributed by atoms with Crippen LogP contribution < -0.4 is 10.6 Å². The van der Waals surface area contributed by atoms with E-state index in [-0.39, 0.29) is 12.3 Å². The summed E-state index contributed by atoms with van der Waals surface area (Å²) in [5.74, 6) is -6.72. The van der Waals surface area contributed by atoms with E-state index in [4.69, 9.17) is 56.8 Å². The zero-order valence-corrected chi connectivity index (χ0v) is 66.4. The third-order valence-corrected chi connectivity index (χ3v) is 22.3. The molecule has 114 heavy (non-hydrogen) atoms. The number of unbranched alkanes of at least 4 members (excludes halogenated alkanes) is 25. The van der Waals surface area contributed by atoms with Gasteiger partial charge in [0.1, 0.15) is 140 Å². The number of hydrogen-bond acceptors (Lipinski definition) is 34. The van der Waals surface area contributed by atoms with E-state index in [9.17, 15) is 117 Å². The number of aliphatic hydroxyl groups is 19. The van der Waals surface area contributed by atoms with Gasteiger partial charge in [-0.1, -0.05) is 180 Å². The van der Waals surface area contributed by atoms with Crippen LogP contribution in [0.15, 0.2) is 12.2 Å². The van der Waals surface area contributed by atoms with E-state index in [1.54, 1.807) is 6.08 Å². The van der Waals surface area contributed by atoms with E-state index >= 15 is 0 Å². The molecule has 22 N–H and O–H groups in total. The predicted octanol–water partition coefficient (Wildman–Crippen LogP) is -2.33. The average molecular weight is 1650 g/mol. The minimum Gasteiger partial charge on any atom is -0.477 e. The van der Waals surface area contributed by atoms with Crippen molar-refractivity contribution in [2.24, 2.45) is 0 Å². The molecule has 6 heterocycles. The highest BCUT2D eigenvalue weighted by atomic mass is 16.8. The Bertz CT molecular complexity index is 2690. The van der Waals surface area contributed by atoms with Crippen molar-refractivity contribution in [3.8, 4) is 0 Å². The lowest BCUT2D eigenvalue weighted by Gasteiger charge is -2.52. The van der Waals surface area contributed by atoms with Gasteiger partial charge in [-0.05, 0) is 26.2 Å². The highest BCUT2D eigenvalue weighted by molar-refractivity contribution is 5.76. The molecule has 37 nitrogen and oxygen atoms in total. The Labute approximate surface area is 667 Å². The summed E-state index contributed by atoms with van der Waals surface area (Å²) in [7, 11) is 0. The molecule has 6 rings (SSSR count). The van der Waals surface area contributed by atoms with E-state index in [1.165, 1.54) is 116 Å². The summed E-state index contributed by atoms with van der Waals surface area (Å²) in [5.41, 5.74) is 0. The molecule has 12 unspecified atom stereocenters. The number of allylic oxidation sites excluding steroid dienone is 1. The number of aliphatic hydroxyl groups excluding tert-OH is 19. The molecule has 6 aliphatic heterocycles. The van der Waals surface area contributed by atoms with Gasteiger partial charge in [0.25, 0.3) is 5.79 Å². The Hall–Kier alpha value is -3.09. The van der Waals surface area contributed by atoms with E-state index in [2.05, 4.69) is 24.5 Å². The molecule has 0 spiro atoms. The molecule has 0 aromatic carbocycles. The van der Waals surface area contributed by atoms with Crippen LogP contribution in [0.5, 0.6) is 0 Å². The number of hydrogen-bond donors (Lipinski definition) is 22. The standard InChI is InChI=1S/C77H138N2O35/c1-5-7-9-11-13-15-17-19-20-22-24-26-28-30-32-34-52(89)79-44(45(86)33-31-29-27-25-23-21-18-16-14-12-10-8-6-2)41-103-72-62(98)60(96)65(50(39-83)108-72)109-74-63(99)68(57(93)48(37-81)105-74)112-71-53(78-43(4)85)67(111-73-61(97)59(95)54(90)42(3)104-73)66(51(40-84)107-71)110-75-64(100)70(58(94)49(38-82)106-75)114-77(76(101)102)35-46(87)55(91)69(113-77)56(92)47(88)36-80/h31,33,42,44-51,53-75,80-84,86-88,90-100H,5-30,32,34-41H2,1-4H3,(H,78,85)(H,79,89)(H,101,102)/b33-31+/t42?,44-,45+,46?,47+,48?,49?,50?,51?,53?,54+,55+,56+,57-,58-,59?,60+,61-,62?,63?,64?,65+,66+,67+,68-,69?,70-,71-,72+,73+,74-,75-,77-/m0/s1. The quantitative estimate of drug-likeness (QED) is 0.0224. The van der Waals surface area contributed by atoms with Crippen LogP contribution in [0.4, 0.5) is 0 Å². The van der Waals surface area contributed by atoms with E-state index < -0.39 is 260 Å². The van der Waals surface area contributed by atoms with Crippen LogP contribution in [0.1, 0.15) is 214 Å². The highest BCUT2D eigenvalue weighted by Gasteiger charge is 2.62. The third-order valence-electron chi connectivity index (χ3n) is 22.3. The minimum atomic E-state index is -3.27. The summed E-state index contributed by atoms with van der Waals surface area (Å²) in [5, 5.41) is 227. The lowest BCUT2D eigenvalue weighted by Crippen LogP contribution is -2.72. The van der Waals surface area contributed by atoms with E-state index in [1.807, 2.05) is 6.08 Å². The number of aliphatic carboxylic acids is 1. The molecule has 666 valence electrons. The summed E-state index contributed by atoms with van der Waals surface area (Å²) in [6.07, 6.45) is -28.5. The largest absolute Gasteiger partial charge is 0.477 e. The maximum Gasteiger partial charge on any atom is 0.364 e. The van der Waals surface area contributed by atoms with Crippen molar-refractivity contribution in [2.45, 2.75) is 416 Å². The minimum absolute atomic E-state index is 0.153. The molecule has 0 saturated carbocycles. The number of carbonyl (C=O) groups is 3. The third kappa shape index (κ3) is 29.1. The zero-order chi connectivity index (χ0) is 83.8. The summed E-state index contributed by atoms with van der Waals surface area (Å²) in [4.78, 5) is 40.2. The smallest absolute Gasteiger partial charge is 0.364 e. The fourth-order valence-corrected chi connectivity index (χ4v) is 15.3. The Kier molecular flexibility index (Phi) is 45.2. The summed E-state index contributed by atoms with van der Waals surface area (Å²) < 4.78 is 71.6. The molecule has 0 bridgehead atoms. The second-order valence-corrected chi connectivity index (χ2v) is 31.3. The van der Waals surface area contributed by atoms with Crippen molar-refractivity contribution in [3.05, 3.63) is 12.2 Å². The normalized spacial score (nSPS) is 37.4. The topological polar surface area (TPSA) is 591 Å². The van der Waals surface area contributed by atoms with Gasteiger partial charge in [0.15, 0.2) is 31.5 Å². The van der Waals surface area contributed by atoms with Crippen molar-refractivity contribution in [2.75, 3.05) is 39.6 Å². The van der Waals surface area contributed by atoms with Crippen LogP contribution in [0, 0.1) is 0 Å². The van der Waals surface area contributed by atoms with Crippen molar-refractivity contribution in [1.82, 2.24) is 10.6 Å². The summed E-state index contributed by atoms with van der Waals surface area (Å²) in [6, 6.07) is -3.08. The van der Waals surface area contributed by atoms with Gasteiger partial charge in [-0.25, -0.2) is 4.79 Å². The highest BCUT2D eigenvalue weighted by Crippen LogP contribution is 2.41. The van der Waals surface area contributed by atoms with Crippen molar-refractivity contribution >= 4 is 17.8 Å². The predicted molar refractivity (Wildman–Crippen MR) is 398 cm³/mol. The van der Waals surface area contributed by atoms with Gasteiger partial charge in [0.05, 0.1) is 64.0 Å². The molecular formula is C77H138N2O35. The van der Waals surface area contributed by atoms with Crippen LogP contribution in [0.2, 0.25) is 0 Å². The van der Waals surface area contributed by atoms with Crippen molar-refractivity contribution in [1.29, 1.82) is 0 Å². The Morgan fingerprint density at radius 2 is 0.912 bits per heavy atom. The lowest BCUT2D eigenvalue weighted by atomic mass is 9.90. The molecule has 2 amide bonds. The number of rotatable bonds is 53. The lowest BCUT2D eigenvalue weighted by molar-refractivity contribution is -0.401. The fourth-order valence-electron chi connectivity index (χ4n) is 15.3. The molecule has 37 heteroatoms. The van der Waals surface area contributed by atoms with Gasteiger partial charge >= 0.3 is 5.97 Å². The zero-order valence-electron chi connectivity index (χ0n) is 66.4. The van der Waals surface area contributed by atoms with Crippen molar-refractivity contribution in [3.63, 3.8) is 0 Å². The summed E-state index contributed by atoms with van der Waals surface area (Å²) >= 11 is 0. The number of amides is 2. The van der Waals surface area contributed by atoms with Crippen LogP contribution in [0.3, 0.4) is 0 Å². The number of ether oxygens (including phenoxy) is 12. The number of carboxylic acid groups (broad SMARTS) is 1. The molecular weight excluding hydrogens is 1510 g/mol. The summed E-state index contributed by atoms with van der Waals surface area (Å²) in [6.45, 7) is 0.540. The van der Waals surface area contributed by atoms with Crippen LogP contribution >= 0.6 is 0 Å². The molecule has 0 aliphatic carbocycles. The van der Waals surface area contributed by atoms with E-state index in [0.717, 1.165) is 58.3 Å². The molecule has 0 radical (unpaired) electrons. The van der Waals surface area contributed by atoms with Crippen molar-refractivity contribution < 1.29 is 173 Å². The monoisotopic (exact) mass is 1650 g/mol. The Morgan fingerprint density at radius 3 is 1.42 bits per heavy atom. The first-order valence-corrected chi connectivity index (χ1v) is 41.5. The second-order valence-electron chi connectivity index (χ2n) is 31.3. The first-order valence-electron chi connectivity index (χ1n) is 41.5. The molecule has 33 atom stereocenters. The number of nitrogens with one attached hydrogen (secondary N) is 2. The van der Waals surface area contributed by atoms with Gasteiger partial charge < -0.3 is 170 Å². The number of carbonyl (C=O) groups excluding carboxylic acids is 2. The SMILES string of the molecule is CCCCCCCCCCCCC/C=C/[C@@H](O)[C@H](CO[C@@H]1OC(CO)[C@@H](O[C@@H]2OC(CO)[C@H](O)[C@H](O[C@@H]3OC(CO)[C@@H](O[C@@H]4OC(CO)[C@H](O)[C@H](O[C@]5(C(=O)O)CC(O)[C@@H](O)C([C@H](O)[C@H](O)CO)O5)C4O)[C@H](O[C@H]4OC(C)[C@@H](O)C(O)[C@@H]4O)C3NC(C)=O)C2O)[C@H](O)C1O)NC(=O)CCCCCCCCCCCCCCCCC. The van der Waals surface area contributed by atoms with Gasteiger partial charge in [0.2, 0.25) is 11.8 Å². The van der Waals surface area contributed by atoms with E-state index in [0.29, 0.717) is 12.8 Å². The Morgan fingerprint density at radius 1 is 0.474 bits per heavy atom. The molecule has 6 aliphatic rings. The second kappa shape index (κ2) is 51.6. The van der Waals surface area contributed by atoms with Gasteiger partial charge in [-0.3, -0.25) is 9.59 Å². The first kappa shape index (κ1) is 99.7. The average Bonchev–Trinajstić information content (AvgIpc) is 0.754. The fraction of sp³-hybridized carbons (Fsp3) is 0.935. The molecule has 6 saturated heterocycles. The maximum absolute atomic E-state index is 13.6. The van der Waals surface area contributed by atoms with Crippen LogP contribution in [-0.2, 0) is 71.2 Å². The Balaban J connectivity index is 1.18. The van der Waals surface area contributed by atoms with Gasteiger partial charge in [0, 0.05) is 19.8 Å². The maximum atomic E-state index is 13.6. The first-order chi connectivity index (χ1) is 54.6. The molecule has 0 aromatic heterocycles. The molecule has 6 fully saturated rings. The van der Waals surface area contributed by atoms with Gasteiger partial charge in [-0.15, -0.1) is 0 Å². The van der Waals surface area contributed by atoms with Crippen LogP contribution in [0.25, 0.3) is 0 Å². The van der Waals surface area contributed by atoms with Crippen LogP contribution in [-0.4, -0.2) is 361 Å². The molecule has 0 aromatic rings. The van der Waals surface area contributed by atoms with Gasteiger partial charge in [-0.2, -0.15) is 0 Å². The number of carboxylic acids is 1.